The molecular formula is C32H29NO5S2. The maximum atomic E-state index is 12.9. The van der Waals surface area contributed by atoms with Crippen molar-refractivity contribution in [2.45, 2.75) is 11.8 Å². The summed E-state index contributed by atoms with van der Waals surface area (Å²) in [5.41, 5.74) is 1.83. The highest BCUT2D eigenvalue weighted by Gasteiger charge is 2.34. The molecule has 0 bridgehead atoms. The highest BCUT2D eigenvalue weighted by atomic mass is 32.2. The van der Waals surface area contributed by atoms with Crippen LogP contribution in [0.2, 0.25) is 0 Å². The number of hydrogen-bond acceptors (Lipinski definition) is 7. The second kappa shape index (κ2) is 13.0. The first-order chi connectivity index (χ1) is 19.5. The summed E-state index contributed by atoms with van der Waals surface area (Å²) in [5, 5.41) is 2.15. The third-order valence-electron chi connectivity index (χ3n) is 6.28. The van der Waals surface area contributed by atoms with Crippen LogP contribution in [0.15, 0.2) is 94.7 Å². The van der Waals surface area contributed by atoms with Gasteiger partial charge in [0.05, 0.1) is 25.2 Å². The van der Waals surface area contributed by atoms with Crippen molar-refractivity contribution in [3.8, 4) is 17.2 Å². The van der Waals surface area contributed by atoms with Gasteiger partial charge in [-0.2, -0.15) is 0 Å². The Morgan fingerprint density at radius 1 is 0.875 bits per heavy atom. The minimum absolute atomic E-state index is 0.183. The van der Waals surface area contributed by atoms with Gasteiger partial charge in [-0.05, 0) is 77.0 Å². The molecular weight excluding hydrogens is 542 g/mol. The Bertz CT molecular complexity index is 1560. The smallest absolute Gasteiger partial charge is 0.293 e. The average molecular weight is 572 g/mol. The van der Waals surface area contributed by atoms with Gasteiger partial charge in [0.25, 0.3) is 11.1 Å². The Balaban J connectivity index is 1.17. The standard InChI is InChI=1S/C32H29NO5S2/c1-22-7-5-10-25(19-22)37-16-15-33-31(34)30(40-32(33)35)21-23-13-14-27(28(20-23)36-2)38-17-18-39-29-12-6-9-24-8-3-4-11-26(24)29/h3-14,19-21H,15-18H2,1-2H3/b30-21-. The monoisotopic (exact) mass is 571 g/mol. The van der Waals surface area contributed by atoms with E-state index in [2.05, 4.69) is 36.4 Å². The fourth-order valence-corrected chi connectivity index (χ4v) is 6.09. The molecule has 204 valence electrons. The van der Waals surface area contributed by atoms with Crippen LogP contribution >= 0.6 is 23.5 Å². The summed E-state index contributed by atoms with van der Waals surface area (Å²) in [6.07, 6.45) is 1.70. The van der Waals surface area contributed by atoms with Gasteiger partial charge in [-0.3, -0.25) is 14.5 Å². The summed E-state index contributed by atoms with van der Waals surface area (Å²) < 4.78 is 17.3. The maximum Gasteiger partial charge on any atom is 0.293 e. The van der Waals surface area contributed by atoms with Crippen molar-refractivity contribution in [2.75, 3.05) is 32.6 Å². The normalized spacial score (nSPS) is 14.2. The zero-order valence-electron chi connectivity index (χ0n) is 22.3. The van der Waals surface area contributed by atoms with Crippen molar-refractivity contribution in [1.29, 1.82) is 0 Å². The number of hydrogen-bond donors (Lipinski definition) is 0. The maximum absolute atomic E-state index is 12.9. The number of ether oxygens (including phenoxy) is 3. The predicted octanol–water partition coefficient (Wildman–Crippen LogP) is 7.44. The zero-order valence-corrected chi connectivity index (χ0v) is 23.9. The lowest BCUT2D eigenvalue weighted by Crippen LogP contribution is -2.32. The molecule has 0 N–H and O–H groups in total. The Kier molecular flexibility index (Phi) is 8.98. The van der Waals surface area contributed by atoms with E-state index in [1.54, 1.807) is 24.9 Å². The van der Waals surface area contributed by atoms with Crippen LogP contribution in [0.25, 0.3) is 16.8 Å². The first kappa shape index (κ1) is 27.7. The fourth-order valence-electron chi connectivity index (χ4n) is 4.32. The molecule has 0 aromatic heterocycles. The topological polar surface area (TPSA) is 65.1 Å². The summed E-state index contributed by atoms with van der Waals surface area (Å²) in [6, 6.07) is 27.8. The Morgan fingerprint density at radius 3 is 2.55 bits per heavy atom. The van der Waals surface area contributed by atoms with E-state index in [1.165, 1.54) is 20.6 Å². The number of aryl methyl sites for hydroxylation is 1. The number of imide groups is 1. The van der Waals surface area contributed by atoms with Gasteiger partial charge in [0.1, 0.15) is 12.4 Å². The Labute approximate surface area is 242 Å². The molecule has 1 fully saturated rings. The van der Waals surface area contributed by atoms with E-state index in [1.807, 2.05) is 55.5 Å². The lowest BCUT2D eigenvalue weighted by atomic mass is 10.1. The van der Waals surface area contributed by atoms with Crippen LogP contribution in [0.4, 0.5) is 4.79 Å². The van der Waals surface area contributed by atoms with Crippen molar-refractivity contribution < 1.29 is 23.8 Å². The molecule has 40 heavy (non-hydrogen) atoms. The average Bonchev–Trinajstić information content (AvgIpc) is 3.23. The molecule has 0 saturated carbocycles. The quantitative estimate of drug-likeness (QED) is 0.105. The molecule has 6 nitrogen and oxygen atoms in total. The molecule has 5 rings (SSSR count). The lowest BCUT2D eigenvalue weighted by molar-refractivity contribution is -0.123. The SMILES string of the molecule is COc1cc(/C=C2\SC(=O)N(CCOc3cccc(C)c3)C2=O)ccc1OCCSc1cccc2ccccc12. The number of carbonyl (C=O) groups is 2. The third-order valence-corrected chi connectivity index (χ3v) is 8.23. The minimum Gasteiger partial charge on any atom is -0.493 e. The number of carbonyl (C=O) groups excluding carboxylic acids is 2. The number of methoxy groups -OCH3 is 1. The van der Waals surface area contributed by atoms with Gasteiger partial charge >= 0.3 is 0 Å². The van der Waals surface area contributed by atoms with Crippen molar-refractivity contribution in [1.82, 2.24) is 4.90 Å². The summed E-state index contributed by atoms with van der Waals surface area (Å²) >= 11 is 2.68. The van der Waals surface area contributed by atoms with E-state index in [4.69, 9.17) is 14.2 Å². The molecule has 1 aliphatic heterocycles. The number of fused-ring (bicyclic) bond motifs is 1. The van der Waals surface area contributed by atoms with Crippen molar-refractivity contribution in [3.05, 3.63) is 101 Å². The van der Waals surface area contributed by atoms with Crippen LogP contribution in [0.5, 0.6) is 17.2 Å². The van der Waals surface area contributed by atoms with Crippen LogP contribution in [0.1, 0.15) is 11.1 Å². The molecule has 0 radical (unpaired) electrons. The first-order valence-corrected chi connectivity index (χ1v) is 14.7. The number of thioether (sulfide) groups is 2. The highest BCUT2D eigenvalue weighted by molar-refractivity contribution is 8.18. The molecule has 4 aromatic carbocycles. The summed E-state index contributed by atoms with van der Waals surface area (Å²) in [4.78, 5) is 28.2. The molecule has 0 aliphatic carbocycles. The van der Waals surface area contributed by atoms with Crippen LogP contribution < -0.4 is 14.2 Å². The van der Waals surface area contributed by atoms with E-state index in [0.717, 1.165) is 28.6 Å². The molecule has 8 heteroatoms. The predicted molar refractivity (Wildman–Crippen MR) is 163 cm³/mol. The van der Waals surface area contributed by atoms with Gasteiger partial charge in [-0.15, -0.1) is 11.8 Å². The van der Waals surface area contributed by atoms with Crippen molar-refractivity contribution >= 4 is 51.5 Å². The van der Waals surface area contributed by atoms with Crippen molar-refractivity contribution in [3.63, 3.8) is 0 Å². The van der Waals surface area contributed by atoms with E-state index in [0.29, 0.717) is 28.8 Å². The Hall–Kier alpha value is -3.88. The van der Waals surface area contributed by atoms with E-state index in [-0.39, 0.29) is 24.3 Å². The van der Waals surface area contributed by atoms with Crippen molar-refractivity contribution in [2.24, 2.45) is 0 Å². The van der Waals surface area contributed by atoms with Gasteiger partial charge in [0, 0.05) is 10.6 Å². The molecule has 2 amide bonds. The van der Waals surface area contributed by atoms with Gasteiger partial charge in [-0.1, -0.05) is 54.6 Å². The first-order valence-electron chi connectivity index (χ1n) is 12.9. The number of amides is 2. The third kappa shape index (κ3) is 6.63. The van der Waals surface area contributed by atoms with Crippen LogP contribution in [0.3, 0.4) is 0 Å². The van der Waals surface area contributed by atoms with E-state index >= 15 is 0 Å². The second-order valence-electron chi connectivity index (χ2n) is 9.08. The zero-order chi connectivity index (χ0) is 27.9. The van der Waals surface area contributed by atoms with Gasteiger partial charge in [0.2, 0.25) is 0 Å². The summed E-state index contributed by atoms with van der Waals surface area (Å²) in [6.45, 7) is 2.90. The number of rotatable bonds is 11. The van der Waals surface area contributed by atoms with Crippen LogP contribution in [-0.2, 0) is 4.79 Å². The molecule has 1 aliphatic rings. The van der Waals surface area contributed by atoms with E-state index in [9.17, 15) is 9.59 Å². The van der Waals surface area contributed by atoms with Gasteiger partial charge in [-0.25, -0.2) is 0 Å². The Morgan fingerprint density at radius 2 is 1.70 bits per heavy atom. The molecule has 0 unspecified atom stereocenters. The molecule has 0 atom stereocenters. The second-order valence-corrected chi connectivity index (χ2v) is 11.2. The lowest BCUT2D eigenvalue weighted by Gasteiger charge is -2.13. The summed E-state index contributed by atoms with van der Waals surface area (Å²) in [7, 11) is 1.58. The molecule has 1 saturated heterocycles. The number of benzene rings is 4. The largest absolute Gasteiger partial charge is 0.493 e. The van der Waals surface area contributed by atoms with Crippen LogP contribution in [0, 0.1) is 6.92 Å². The van der Waals surface area contributed by atoms with E-state index < -0.39 is 0 Å². The molecule has 4 aromatic rings. The number of nitrogens with zero attached hydrogens (tertiary/aromatic N) is 1. The minimum atomic E-state index is -0.326. The molecule has 0 spiro atoms. The van der Waals surface area contributed by atoms with Crippen LogP contribution in [-0.4, -0.2) is 48.7 Å². The fraction of sp³-hybridized carbons (Fsp3) is 0.188. The van der Waals surface area contributed by atoms with Gasteiger partial charge < -0.3 is 14.2 Å². The highest BCUT2D eigenvalue weighted by Crippen LogP contribution is 2.35. The molecule has 1 heterocycles. The summed E-state index contributed by atoms with van der Waals surface area (Å²) in [5.74, 6) is 2.35. The van der Waals surface area contributed by atoms with Gasteiger partial charge in [0.15, 0.2) is 11.5 Å².